The molecule has 3 saturated carbocycles. The zero-order valence-corrected chi connectivity index (χ0v) is 20.0. The maximum Gasteiger partial charge on any atom is 0.0548 e. The molecule has 0 spiro atoms. The number of hydrogen-bond acceptors (Lipinski definition) is 5. The largest absolute Gasteiger partial charge is 0.311 e. The smallest absolute Gasteiger partial charge is 0.0548 e. The highest BCUT2D eigenvalue weighted by Gasteiger charge is 2.27. The Kier molecular flexibility index (Phi) is 8.12. The average Bonchev–Trinajstić information content (AvgIpc) is 2.85. The molecule has 1 aromatic heterocycles. The number of nitrogens with zero attached hydrogens (tertiary/aromatic N) is 1. The Hall–Kier alpha value is -1.01. The van der Waals surface area contributed by atoms with Crippen molar-refractivity contribution in [2.45, 2.75) is 127 Å². The van der Waals surface area contributed by atoms with Crippen molar-refractivity contribution in [3.8, 4) is 0 Å². The van der Waals surface area contributed by atoms with E-state index in [1.54, 1.807) is 5.56 Å². The van der Waals surface area contributed by atoms with E-state index in [2.05, 4.69) is 33.4 Å². The maximum atomic E-state index is 5.15. The summed E-state index contributed by atoms with van der Waals surface area (Å²) in [7, 11) is 0. The van der Waals surface area contributed by atoms with E-state index in [1.165, 1.54) is 94.9 Å². The second kappa shape index (κ2) is 11.4. The van der Waals surface area contributed by atoms with Crippen LogP contribution in [0, 0.1) is 0 Å². The lowest BCUT2D eigenvalue weighted by molar-refractivity contribution is 0.266. The van der Waals surface area contributed by atoms with Crippen LogP contribution in [0.15, 0.2) is 12.1 Å². The molecule has 0 aromatic carbocycles. The first kappa shape index (κ1) is 22.8. The molecule has 4 atom stereocenters. The van der Waals surface area contributed by atoms with E-state index in [4.69, 9.17) is 4.98 Å². The van der Waals surface area contributed by atoms with Gasteiger partial charge >= 0.3 is 0 Å². The molecule has 5 rings (SSSR count). The monoisotopic (exact) mass is 439 g/mol. The molecule has 32 heavy (non-hydrogen) atoms. The topological polar surface area (TPSA) is 61.0 Å². The van der Waals surface area contributed by atoms with Crippen LogP contribution in [0.3, 0.4) is 0 Å². The van der Waals surface area contributed by atoms with Crippen molar-refractivity contribution in [2.75, 3.05) is 13.1 Å². The van der Waals surface area contributed by atoms with Gasteiger partial charge in [0.15, 0.2) is 0 Å². The molecule has 2 heterocycles. The Labute approximate surface area is 195 Å². The van der Waals surface area contributed by atoms with Crippen molar-refractivity contribution >= 4 is 0 Å². The van der Waals surface area contributed by atoms with Crippen molar-refractivity contribution in [3.05, 3.63) is 29.1 Å². The Balaban J connectivity index is 1.37. The summed E-state index contributed by atoms with van der Waals surface area (Å²) < 4.78 is 0. The molecule has 5 heteroatoms. The van der Waals surface area contributed by atoms with Gasteiger partial charge in [0.2, 0.25) is 0 Å². The van der Waals surface area contributed by atoms with Crippen molar-refractivity contribution in [2.24, 2.45) is 0 Å². The highest BCUT2D eigenvalue weighted by atomic mass is 15.1. The van der Waals surface area contributed by atoms with Crippen molar-refractivity contribution in [3.63, 3.8) is 0 Å². The molecular weight excluding hydrogens is 394 g/mol. The molecule has 2 unspecified atom stereocenters. The zero-order chi connectivity index (χ0) is 21.6. The number of rotatable bonds is 1. The molecule has 2 bridgehead atoms. The van der Waals surface area contributed by atoms with Gasteiger partial charge in [0.1, 0.15) is 0 Å². The van der Waals surface area contributed by atoms with Crippen LogP contribution >= 0.6 is 0 Å². The van der Waals surface area contributed by atoms with Gasteiger partial charge in [-0.05, 0) is 62.1 Å². The van der Waals surface area contributed by atoms with Crippen LogP contribution in [0.4, 0.5) is 0 Å². The Bertz CT molecular complexity index is 668. The van der Waals surface area contributed by atoms with Crippen LogP contribution in [0.2, 0.25) is 0 Å². The summed E-state index contributed by atoms with van der Waals surface area (Å²) in [5.41, 5.74) is 4.05. The van der Waals surface area contributed by atoms with Crippen LogP contribution in [-0.2, 0) is 13.1 Å². The predicted octanol–water partition coefficient (Wildman–Crippen LogP) is 4.12. The molecule has 178 valence electrons. The summed E-state index contributed by atoms with van der Waals surface area (Å²) >= 11 is 0. The Morgan fingerprint density at radius 3 is 1.47 bits per heavy atom. The molecule has 0 radical (unpaired) electrons. The average molecular weight is 440 g/mol. The van der Waals surface area contributed by atoms with Crippen molar-refractivity contribution in [1.29, 1.82) is 0 Å². The lowest BCUT2D eigenvalue weighted by atomic mass is 9.84. The van der Waals surface area contributed by atoms with Gasteiger partial charge in [0.05, 0.1) is 11.4 Å². The van der Waals surface area contributed by atoms with Crippen LogP contribution in [0.5, 0.6) is 0 Å². The summed E-state index contributed by atoms with van der Waals surface area (Å²) in [6.45, 7) is 3.95. The van der Waals surface area contributed by atoms with Gasteiger partial charge in [-0.15, -0.1) is 0 Å². The molecule has 1 aromatic rings. The fourth-order valence-corrected chi connectivity index (χ4v) is 6.75. The minimum atomic E-state index is 0.568. The van der Waals surface area contributed by atoms with E-state index in [9.17, 15) is 0 Å². The summed E-state index contributed by atoms with van der Waals surface area (Å²) in [5, 5.41) is 15.6. The lowest BCUT2D eigenvalue weighted by Gasteiger charge is -2.34. The van der Waals surface area contributed by atoms with Gasteiger partial charge < -0.3 is 21.3 Å². The maximum absolute atomic E-state index is 5.15. The molecular formula is C27H45N5. The highest BCUT2D eigenvalue weighted by Crippen LogP contribution is 2.33. The summed E-state index contributed by atoms with van der Waals surface area (Å²) in [6.07, 6.45) is 17.5. The third kappa shape index (κ3) is 5.91. The Morgan fingerprint density at radius 1 is 0.531 bits per heavy atom. The second-order valence-electron chi connectivity index (χ2n) is 10.9. The zero-order valence-electron chi connectivity index (χ0n) is 20.0. The van der Waals surface area contributed by atoms with Gasteiger partial charge in [-0.3, -0.25) is 4.98 Å². The summed E-state index contributed by atoms with van der Waals surface area (Å²) in [5.74, 6) is 0.736. The van der Waals surface area contributed by atoms with Crippen LogP contribution in [0.1, 0.15) is 106 Å². The first-order valence-corrected chi connectivity index (χ1v) is 13.8. The van der Waals surface area contributed by atoms with Crippen molar-refractivity contribution in [1.82, 2.24) is 26.3 Å². The van der Waals surface area contributed by atoms with E-state index >= 15 is 0 Å². The van der Waals surface area contributed by atoms with E-state index in [-0.39, 0.29) is 0 Å². The third-order valence-corrected chi connectivity index (χ3v) is 8.59. The van der Waals surface area contributed by atoms with Crippen molar-refractivity contribution < 1.29 is 0 Å². The minimum Gasteiger partial charge on any atom is -0.311 e. The molecule has 0 amide bonds. The van der Waals surface area contributed by atoms with Gasteiger partial charge in [-0.1, -0.05) is 44.9 Å². The number of aromatic nitrogens is 1. The standard InChI is InChI=1S/C27H45N5/c1-2-8-20(9-3-1)21-16-22-18-30-26-12-6-4-10-24(26)28-14-15-29-25-11-5-7-13-27(25)31-19-23(17-21)32-22/h16-17,20,24-31H,1-15,18-19H2/t24-,25?,26-,27?/m1/s1. The molecule has 5 nitrogen and oxygen atoms in total. The molecule has 0 saturated heterocycles. The normalized spacial score (nSPS) is 33.4. The van der Waals surface area contributed by atoms with Gasteiger partial charge in [0.25, 0.3) is 0 Å². The Morgan fingerprint density at radius 2 is 0.969 bits per heavy atom. The molecule has 4 N–H and O–H groups in total. The minimum absolute atomic E-state index is 0.568. The fourth-order valence-electron chi connectivity index (χ4n) is 6.75. The number of hydrogen-bond donors (Lipinski definition) is 4. The second-order valence-corrected chi connectivity index (χ2v) is 10.9. The van der Waals surface area contributed by atoms with E-state index < -0.39 is 0 Å². The molecule has 3 fully saturated rings. The van der Waals surface area contributed by atoms with Gasteiger partial charge in [0, 0.05) is 50.3 Å². The number of pyridine rings is 1. The molecule has 1 aliphatic heterocycles. The number of fused-ring (bicyclic) bond motifs is 4. The van der Waals surface area contributed by atoms with Crippen LogP contribution in [-0.4, -0.2) is 42.2 Å². The summed E-state index contributed by atoms with van der Waals surface area (Å²) in [6, 6.07) is 7.19. The van der Waals surface area contributed by atoms with Crippen LogP contribution < -0.4 is 21.3 Å². The predicted molar refractivity (Wildman–Crippen MR) is 132 cm³/mol. The fraction of sp³-hybridized carbons (Fsp3) is 0.815. The molecule has 4 aliphatic rings. The third-order valence-electron chi connectivity index (χ3n) is 8.59. The summed E-state index contributed by atoms with van der Waals surface area (Å²) in [4.78, 5) is 5.15. The lowest BCUT2D eigenvalue weighted by Crippen LogP contribution is -2.53. The van der Waals surface area contributed by atoms with Gasteiger partial charge in [-0.25, -0.2) is 0 Å². The van der Waals surface area contributed by atoms with E-state index in [0.29, 0.717) is 24.2 Å². The van der Waals surface area contributed by atoms with E-state index in [1.807, 2.05) is 0 Å². The van der Waals surface area contributed by atoms with E-state index in [0.717, 1.165) is 32.1 Å². The molecule has 3 aliphatic carbocycles. The van der Waals surface area contributed by atoms with Gasteiger partial charge in [-0.2, -0.15) is 0 Å². The first-order valence-electron chi connectivity index (χ1n) is 13.8. The van der Waals surface area contributed by atoms with Crippen LogP contribution in [0.25, 0.3) is 0 Å². The quantitative estimate of drug-likeness (QED) is 0.530. The highest BCUT2D eigenvalue weighted by molar-refractivity contribution is 5.26. The number of nitrogens with one attached hydrogen (secondary N) is 4. The first-order chi connectivity index (χ1) is 15.8. The SMILES string of the molecule is c1c(C2CCCCC2)cc2nc1CNC1CCCCC1NCCN[C@@H]1CCCC[C@H]1NC2.